The molecule has 2 aromatic carbocycles. The van der Waals surface area contributed by atoms with Crippen LogP contribution in [0.5, 0.6) is 5.75 Å². The predicted octanol–water partition coefficient (Wildman–Crippen LogP) is 1.85. The molecule has 0 saturated heterocycles. The summed E-state index contributed by atoms with van der Waals surface area (Å²) in [6, 6.07) is 12.2. The smallest absolute Gasteiger partial charge is 0.345 e. The highest BCUT2D eigenvalue weighted by Gasteiger charge is 2.16. The minimum atomic E-state index is -3.66. The van der Waals surface area contributed by atoms with Crippen molar-refractivity contribution in [2.75, 3.05) is 13.7 Å². The topological polar surface area (TPSA) is 95.2 Å². The van der Waals surface area contributed by atoms with Gasteiger partial charge < -0.3 is 4.74 Å². The van der Waals surface area contributed by atoms with Crippen molar-refractivity contribution in [2.24, 2.45) is 7.05 Å². The summed E-state index contributed by atoms with van der Waals surface area (Å²) in [4.78, 5) is 12.7. The molecule has 154 valence electrons. The summed E-state index contributed by atoms with van der Waals surface area (Å²) >= 11 is 0. The van der Waals surface area contributed by atoms with Gasteiger partial charge in [0.25, 0.3) is 0 Å². The predicted molar refractivity (Wildman–Crippen MR) is 111 cm³/mol. The van der Waals surface area contributed by atoms with Crippen LogP contribution >= 0.6 is 0 Å². The second-order valence-corrected chi connectivity index (χ2v) is 8.53. The van der Waals surface area contributed by atoms with Gasteiger partial charge in [0.15, 0.2) is 5.82 Å². The van der Waals surface area contributed by atoms with Crippen LogP contribution in [0, 0.1) is 13.8 Å². The largest absolute Gasteiger partial charge is 0.497 e. The molecule has 0 aliphatic heterocycles. The Kier molecular flexibility index (Phi) is 5.90. The molecule has 0 spiro atoms. The molecule has 1 heterocycles. The van der Waals surface area contributed by atoms with Crippen molar-refractivity contribution >= 4 is 10.0 Å². The molecule has 0 unspecified atom stereocenters. The highest BCUT2D eigenvalue weighted by molar-refractivity contribution is 7.89. The third-order valence-corrected chi connectivity index (χ3v) is 6.25. The van der Waals surface area contributed by atoms with Crippen LogP contribution in [-0.2, 0) is 23.6 Å². The summed E-state index contributed by atoms with van der Waals surface area (Å²) in [5.41, 5.74) is 2.37. The van der Waals surface area contributed by atoms with E-state index in [0.29, 0.717) is 11.6 Å². The molecule has 3 aromatic rings. The lowest BCUT2D eigenvalue weighted by Gasteiger charge is -2.08. The van der Waals surface area contributed by atoms with Crippen molar-refractivity contribution in [2.45, 2.75) is 25.3 Å². The summed E-state index contributed by atoms with van der Waals surface area (Å²) < 4.78 is 35.3. The van der Waals surface area contributed by atoms with Crippen LogP contribution < -0.4 is 15.1 Å². The molecule has 0 radical (unpaired) electrons. The van der Waals surface area contributed by atoms with Gasteiger partial charge in [-0.1, -0.05) is 6.07 Å². The first kappa shape index (κ1) is 20.8. The number of methoxy groups -OCH3 is 1. The van der Waals surface area contributed by atoms with Crippen LogP contribution in [0.15, 0.2) is 52.2 Å². The van der Waals surface area contributed by atoms with Crippen LogP contribution in [0.2, 0.25) is 0 Å². The van der Waals surface area contributed by atoms with Gasteiger partial charge in [-0.15, -0.1) is 5.10 Å². The Morgan fingerprint density at radius 2 is 1.76 bits per heavy atom. The average Bonchev–Trinajstić information content (AvgIpc) is 2.98. The average molecular weight is 417 g/mol. The zero-order chi connectivity index (χ0) is 21.2. The van der Waals surface area contributed by atoms with E-state index in [4.69, 9.17) is 4.74 Å². The van der Waals surface area contributed by atoms with Gasteiger partial charge in [-0.05, 0) is 61.4 Å². The molecule has 1 aromatic heterocycles. The van der Waals surface area contributed by atoms with E-state index in [9.17, 15) is 13.2 Å². The van der Waals surface area contributed by atoms with E-state index in [-0.39, 0.29) is 23.7 Å². The summed E-state index contributed by atoms with van der Waals surface area (Å²) in [5, 5.41) is 4.34. The number of ether oxygens (including phenoxy) is 1. The van der Waals surface area contributed by atoms with E-state index in [1.54, 1.807) is 44.5 Å². The quantitative estimate of drug-likeness (QED) is 0.634. The third-order valence-electron chi connectivity index (χ3n) is 4.79. The molecular formula is C20H24N4O4S. The molecule has 8 nitrogen and oxygen atoms in total. The molecule has 9 heteroatoms. The van der Waals surface area contributed by atoms with E-state index in [1.807, 2.05) is 26.0 Å². The summed E-state index contributed by atoms with van der Waals surface area (Å²) in [7, 11) is -0.448. The molecule has 0 saturated carbocycles. The Hall–Kier alpha value is -2.91. The van der Waals surface area contributed by atoms with Gasteiger partial charge in [0.2, 0.25) is 10.0 Å². The Bertz CT molecular complexity index is 1180. The number of nitrogens with zero attached hydrogens (tertiary/aromatic N) is 3. The first-order valence-corrected chi connectivity index (χ1v) is 10.6. The Labute approximate surface area is 169 Å². The fourth-order valence-electron chi connectivity index (χ4n) is 2.88. The molecular weight excluding hydrogens is 392 g/mol. The maximum atomic E-state index is 12.5. The number of hydrogen-bond donors (Lipinski definition) is 1. The lowest BCUT2D eigenvalue weighted by Crippen LogP contribution is -2.31. The van der Waals surface area contributed by atoms with E-state index < -0.39 is 10.0 Å². The van der Waals surface area contributed by atoms with E-state index in [0.717, 1.165) is 16.7 Å². The van der Waals surface area contributed by atoms with Gasteiger partial charge in [-0.2, -0.15) is 0 Å². The monoisotopic (exact) mass is 416 g/mol. The second kappa shape index (κ2) is 8.22. The molecule has 0 atom stereocenters. The number of rotatable bonds is 7. The summed E-state index contributed by atoms with van der Waals surface area (Å²) in [5.74, 6) is 1.20. The molecule has 0 bridgehead atoms. The molecule has 0 aliphatic carbocycles. The number of hydrogen-bond acceptors (Lipinski definition) is 5. The lowest BCUT2D eigenvalue weighted by atomic mass is 10.1. The zero-order valence-electron chi connectivity index (χ0n) is 16.8. The standard InChI is InChI=1S/C20H24N4O4S/c1-14-5-10-18(13-15(14)2)29(26,27)21-11-12-24-20(25)23(3)19(22-24)16-6-8-17(28-4)9-7-16/h5-10,13,21H,11-12H2,1-4H3. The summed E-state index contributed by atoms with van der Waals surface area (Å²) in [6.45, 7) is 3.96. The van der Waals surface area contributed by atoms with E-state index >= 15 is 0 Å². The molecule has 3 rings (SSSR count). The minimum absolute atomic E-state index is 0.0498. The van der Waals surface area contributed by atoms with Crippen molar-refractivity contribution < 1.29 is 13.2 Å². The number of aryl methyl sites for hydroxylation is 2. The van der Waals surface area contributed by atoms with Gasteiger partial charge >= 0.3 is 5.69 Å². The second-order valence-electron chi connectivity index (χ2n) is 6.76. The van der Waals surface area contributed by atoms with Crippen LogP contribution in [-0.4, -0.2) is 36.4 Å². The lowest BCUT2D eigenvalue weighted by molar-refractivity contribution is 0.415. The first-order chi connectivity index (χ1) is 13.7. The van der Waals surface area contributed by atoms with Crippen LogP contribution in [0.3, 0.4) is 0 Å². The normalized spacial score (nSPS) is 11.6. The van der Waals surface area contributed by atoms with Crippen LogP contribution in [0.4, 0.5) is 0 Å². The highest BCUT2D eigenvalue weighted by Crippen LogP contribution is 2.19. The number of aromatic nitrogens is 3. The Morgan fingerprint density at radius 1 is 1.07 bits per heavy atom. The Balaban J connectivity index is 1.74. The zero-order valence-corrected chi connectivity index (χ0v) is 17.7. The van der Waals surface area contributed by atoms with Gasteiger partial charge in [0.1, 0.15) is 5.75 Å². The van der Waals surface area contributed by atoms with E-state index in [1.165, 1.54) is 9.25 Å². The molecule has 1 N–H and O–H groups in total. The molecule has 0 amide bonds. The number of sulfonamides is 1. The maximum Gasteiger partial charge on any atom is 0.345 e. The fraction of sp³-hybridized carbons (Fsp3) is 0.300. The molecule has 29 heavy (non-hydrogen) atoms. The minimum Gasteiger partial charge on any atom is -0.497 e. The van der Waals surface area contributed by atoms with Crippen LogP contribution in [0.1, 0.15) is 11.1 Å². The highest BCUT2D eigenvalue weighted by atomic mass is 32.2. The Morgan fingerprint density at radius 3 is 2.38 bits per heavy atom. The van der Waals surface area contributed by atoms with Crippen molar-refractivity contribution in [3.8, 4) is 17.1 Å². The van der Waals surface area contributed by atoms with Crippen molar-refractivity contribution in [3.63, 3.8) is 0 Å². The first-order valence-electron chi connectivity index (χ1n) is 9.08. The number of benzene rings is 2. The fourth-order valence-corrected chi connectivity index (χ4v) is 3.98. The van der Waals surface area contributed by atoms with Crippen molar-refractivity contribution in [1.29, 1.82) is 0 Å². The van der Waals surface area contributed by atoms with E-state index in [2.05, 4.69) is 9.82 Å². The van der Waals surface area contributed by atoms with Crippen molar-refractivity contribution in [1.82, 2.24) is 19.1 Å². The molecule has 0 aliphatic rings. The van der Waals surface area contributed by atoms with Crippen molar-refractivity contribution in [3.05, 3.63) is 64.1 Å². The van der Waals surface area contributed by atoms with Gasteiger partial charge in [-0.25, -0.2) is 22.6 Å². The third kappa shape index (κ3) is 4.41. The maximum absolute atomic E-state index is 12.5. The number of nitrogens with one attached hydrogen (secondary N) is 1. The van der Waals surface area contributed by atoms with Gasteiger partial charge in [0.05, 0.1) is 18.6 Å². The van der Waals surface area contributed by atoms with Gasteiger partial charge in [-0.3, -0.25) is 4.57 Å². The van der Waals surface area contributed by atoms with Crippen LogP contribution in [0.25, 0.3) is 11.4 Å². The molecule has 0 fully saturated rings. The summed E-state index contributed by atoms with van der Waals surface area (Å²) in [6.07, 6.45) is 0. The SMILES string of the molecule is COc1ccc(-c2nn(CCNS(=O)(=O)c3ccc(C)c(C)c3)c(=O)n2C)cc1. The van der Waals surface area contributed by atoms with Gasteiger partial charge in [0, 0.05) is 19.2 Å².